The maximum absolute atomic E-state index is 9.56. The molecule has 6 nitrogen and oxygen atoms in total. The third-order valence-corrected chi connectivity index (χ3v) is 4.95. The summed E-state index contributed by atoms with van der Waals surface area (Å²) in [7, 11) is 0. The second-order valence-corrected chi connectivity index (χ2v) is 6.46. The minimum absolute atomic E-state index is 0.0737. The molecule has 0 amide bonds. The Morgan fingerprint density at radius 3 is 2.52 bits per heavy atom. The highest BCUT2D eigenvalue weighted by atomic mass is 16.6. The van der Waals surface area contributed by atoms with Gasteiger partial charge in [0.1, 0.15) is 19.0 Å². The maximum atomic E-state index is 9.56. The van der Waals surface area contributed by atoms with Crippen molar-refractivity contribution in [2.24, 2.45) is 0 Å². The van der Waals surface area contributed by atoms with Gasteiger partial charge in [0.25, 0.3) is 0 Å². The summed E-state index contributed by atoms with van der Waals surface area (Å²) < 4.78 is 11.3. The van der Waals surface area contributed by atoms with Crippen molar-refractivity contribution in [3.63, 3.8) is 0 Å². The zero-order valence-corrected chi connectivity index (χ0v) is 14.4. The van der Waals surface area contributed by atoms with Crippen molar-refractivity contribution in [1.82, 2.24) is 9.88 Å². The molecule has 3 heterocycles. The Labute approximate surface area is 147 Å². The van der Waals surface area contributed by atoms with Crippen LogP contribution in [0.4, 0.5) is 5.82 Å². The van der Waals surface area contributed by atoms with E-state index in [0.717, 1.165) is 43.5 Å². The van der Waals surface area contributed by atoms with Gasteiger partial charge in [0.2, 0.25) is 5.88 Å². The number of aromatic hydroxyl groups is 1. The molecule has 2 aliphatic heterocycles. The molecule has 2 aromatic rings. The molecular weight excluding hydrogens is 318 g/mol. The Morgan fingerprint density at radius 1 is 1.00 bits per heavy atom. The fourth-order valence-electron chi connectivity index (χ4n) is 3.46. The molecule has 1 unspecified atom stereocenters. The van der Waals surface area contributed by atoms with E-state index >= 15 is 0 Å². The smallest absolute Gasteiger partial charge is 0.212 e. The highest BCUT2D eigenvalue weighted by Crippen LogP contribution is 2.34. The van der Waals surface area contributed by atoms with Gasteiger partial charge in [0.05, 0.1) is 0 Å². The van der Waals surface area contributed by atoms with Crippen LogP contribution in [-0.4, -0.2) is 54.4 Å². The number of hydrogen-bond donors (Lipinski definition) is 1. The number of rotatable bonds is 3. The summed E-state index contributed by atoms with van der Waals surface area (Å²) >= 11 is 0. The molecule has 0 saturated carbocycles. The van der Waals surface area contributed by atoms with Crippen LogP contribution in [0.2, 0.25) is 0 Å². The average molecular weight is 341 g/mol. The predicted molar refractivity (Wildman–Crippen MR) is 95.5 cm³/mol. The van der Waals surface area contributed by atoms with Crippen LogP contribution in [0.3, 0.4) is 0 Å². The van der Waals surface area contributed by atoms with Gasteiger partial charge < -0.3 is 19.5 Å². The van der Waals surface area contributed by atoms with Crippen molar-refractivity contribution < 1.29 is 14.6 Å². The van der Waals surface area contributed by atoms with Gasteiger partial charge in [-0.05, 0) is 30.7 Å². The summed E-state index contributed by atoms with van der Waals surface area (Å²) in [6.07, 6.45) is 0. The first-order valence-corrected chi connectivity index (χ1v) is 8.75. The van der Waals surface area contributed by atoms with Crippen LogP contribution in [-0.2, 0) is 0 Å². The zero-order valence-electron chi connectivity index (χ0n) is 14.4. The molecule has 1 aromatic carbocycles. The molecule has 1 fully saturated rings. The van der Waals surface area contributed by atoms with E-state index < -0.39 is 0 Å². The number of nitrogens with zero attached hydrogens (tertiary/aromatic N) is 3. The third-order valence-electron chi connectivity index (χ3n) is 4.95. The summed E-state index contributed by atoms with van der Waals surface area (Å²) in [5.74, 6) is 2.59. The molecule has 6 heteroatoms. The molecule has 2 aliphatic rings. The molecule has 1 aromatic heterocycles. The molecular formula is C19H23N3O3. The van der Waals surface area contributed by atoms with Crippen LogP contribution in [0, 0.1) is 0 Å². The van der Waals surface area contributed by atoms with Gasteiger partial charge in [-0.25, -0.2) is 0 Å². The maximum Gasteiger partial charge on any atom is 0.212 e. The first kappa shape index (κ1) is 16.0. The predicted octanol–water partition coefficient (Wildman–Crippen LogP) is 2.44. The van der Waals surface area contributed by atoms with Crippen molar-refractivity contribution in [2.45, 2.75) is 13.0 Å². The van der Waals surface area contributed by atoms with E-state index in [1.54, 1.807) is 6.07 Å². The number of aromatic nitrogens is 1. The quantitative estimate of drug-likeness (QED) is 0.925. The number of ether oxygens (including phenoxy) is 2. The summed E-state index contributed by atoms with van der Waals surface area (Å²) in [4.78, 5) is 8.88. The normalized spacial score (nSPS) is 18.8. The van der Waals surface area contributed by atoms with Crippen LogP contribution < -0.4 is 14.4 Å². The van der Waals surface area contributed by atoms with Crippen LogP contribution >= 0.6 is 0 Å². The van der Waals surface area contributed by atoms with E-state index in [2.05, 4.69) is 33.8 Å². The molecule has 0 spiro atoms. The molecule has 1 atom stereocenters. The minimum Gasteiger partial charge on any atom is -0.493 e. The van der Waals surface area contributed by atoms with Gasteiger partial charge in [-0.1, -0.05) is 12.1 Å². The summed E-state index contributed by atoms with van der Waals surface area (Å²) in [5, 5.41) is 9.56. The fraction of sp³-hybridized carbons (Fsp3) is 0.421. The topological polar surface area (TPSA) is 58.1 Å². The standard InChI is InChI=1S/C19H23N3O3/c1-14(15-5-6-16-17(13-15)25-12-11-24-16)21-7-9-22(10-8-21)18-3-2-4-19(23)20-18/h2-6,13-14H,7-12H2,1H3,(H,20,23). The average Bonchev–Trinajstić information content (AvgIpc) is 2.67. The SMILES string of the molecule is CC(c1ccc2c(c1)OCCO2)N1CCN(c2cccc(O)n2)CC1. The van der Waals surface area contributed by atoms with Crippen LogP contribution in [0.25, 0.3) is 0 Å². The first-order valence-electron chi connectivity index (χ1n) is 8.75. The minimum atomic E-state index is 0.0737. The van der Waals surface area contributed by atoms with Gasteiger partial charge in [0, 0.05) is 38.3 Å². The monoisotopic (exact) mass is 341 g/mol. The molecule has 1 N–H and O–H groups in total. The molecule has 25 heavy (non-hydrogen) atoms. The number of pyridine rings is 1. The largest absolute Gasteiger partial charge is 0.493 e. The first-order chi connectivity index (χ1) is 12.2. The molecule has 4 rings (SSSR count). The van der Waals surface area contributed by atoms with Crippen LogP contribution in [0.15, 0.2) is 36.4 Å². The van der Waals surface area contributed by atoms with Crippen LogP contribution in [0.5, 0.6) is 17.4 Å². The Morgan fingerprint density at radius 2 is 1.76 bits per heavy atom. The Kier molecular flexibility index (Phi) is 4.36. The lowest BCUT2D eigenvalue weighted by Crippen LogP contribution is -2.47. The van der Waals surface area contributed by atoms with E-state index in [0.29, 0.717) is 19.3 Å². The van der Waals surface area contributed by atoms with Crippen molar-refractivity contribution in [1.29, 1.82) is 0 Å². The second-order valence-electron chi connectivity index (χ2n) is 6.46. The zero-order chi connectivity index (χ0) is 17.2. The number of fused-ring (bicyclic) bond motifs is 1. The number of anilines is 1. The third kappa shape index (κ3) is 3.35. The lowest BCUT2D eigenvalue weighted by Gasteiger charge is -2.38. The van der Waals surface area contributed by atoms with Crippen LogP contribution in [0.1, 0.15) is 18.5 Å². The lowest BCUT2D eigenvalue weighted by atomic mass is 10.0. The van der Waals surface area contributed by atoms with Crippen molar-refractivity contribution in [3.8, 4) is 17.4 Å². The Hall–Kier alpha value is -2.47. The van der Waals surface area contributed by atoms with E-state index in [4.69, 9.17) is 9.47 Å². The summed E-state index contributed by atoms with van der Waals surface area (Å²) in [6, 6.07) is 11.9. The van der Waals surface area contributed by atoms with Gasteiger partial charge >= 0.3 is 0 Å². The fourth-order valence-corrected chi connectivity index (χ4v) is 3.46. The highest BCUT2D eigenvalue weighted by molar-refractivity contribution is 5.45. The Bertz CT molecular complexity index is 744. The van der Waals surface area contributed by atoms with E-state index in [1.807, 2.05) is 18.2 Å². The van der Waals surface area contributed by atoms with Gasteiger partial charge in [0.15, 0.2) is 11.5 Å². The summed E-state index contributed by atoms with van der Waals surface area (Å²) in [6.45, 7) is 7.15. The number of benzene rings is 1. The molecule has 132 valence electrons. The number of piperazine rings is 1. The lowest BCUT2D eigenvalue weighted by molar-refractivity contribution is 0.169. The summed E-state index contributed by atoms with van der Waals surface area (Å²) in [5.41, 5.74) is 1.24. The second kappa shape index (κ2) is 6.80. The van der Waals surface area contributed by atoms with Gasteiger partial charge in [-0.15, -0.1) is 0 Å². The molecule has 0 bridgehead atoms. The van der Waals surface area contributed by atoms with Gasteiger partial charge in [-0.3, -0.25) is 4.90 Å². The van der Waals surface area contributed by atoms with E-state index in [9.17, 15) is 5.11 Å². The Balaban J connectivity index is 1.42. The number of hydrogen-bond acceptors (Lipinski definition) is 6. The van der Waals surface area contributed by atoms with E-state index in [-0.39, 0.29) is 5.88 Å². The molecule has 0 radical (unpaired) electrons. The van der Waals surface area contributed by atoms with E-state index in [1.165, 1.54) is 5.56 Å². The van der Waals surface area contributed by atoms with Crippen molar-refractivity contribution >= 4 is 5.82 Å². The molecule has 0 aliphatic carbocycles. The molecule has 1 saturated heterocycles. The van der Waals surface area contributed by atoms with Crippen molar-refractivity contribution in [2.75, 3.05) is 44.3 Å². The highest BCUT2D eigenvalue weighted by Gasteiger charge is 2.24. The van der Waals surface area contributed by atoms with Crippen molar-refractivity contribution in [3.05, 3.63) is 42.0 Å². The van der Waals surface area contributed by atoms with Gasteiger partial charge in [-0.2, -0.15) is 4.98 Å².